The van der Waals surface area contributed by atoms with Crippen molar-refractivity contribution in [2.24, 2.45) is 0 Å². The molecule has 1 aliphatic heterocycles. The Bertz CT molecular complexity index is 1630. The highest BCUT2D eigenvalue weighted by molar-refractivity contribution is 7.22. The van der Waals surface area contributed by atoms with Crippen molar-refractivity contribution in [1.82, 2.24) is 4.98 Å². The van der Waals surface area contributed by atoms with Crippen LogP contribution in [0.15, 0.2) is 60.2 Å². The molecular weight excluding hydrogens is 543 g/mol. The Morgan fingerprint density at radius 3 is 2.61 bits per heavy atom. The number of amides is 1. The van der Waals surface area contributed by atoms with Gasteiger partial charge in [-0.2, -0.15) is 0 Å². The molecule has 0 radical (unpaired) electrons. The highest BCUT2D eigenvalue weighted by atomic mass is 35.5. The molecule has 2 heterocycles. The van der Waals surface area contributed by atoms with Crippen molar-refractivity contribution in [3.8, 4) is 5.75 Å². The van der Waals surface area contributed by atoms with E-state index in [0.29, 0.717) is 33.6 Å². The van der Waals surface area contributed by atoms with E-state index in [2.05, 4.69) is 0 Å². The number of hydrogen-bond donors (Lipinski definition) is 1. The molecule has 1 unspecified atom stereocenters. The van der Waals surface area contributed by atoms with Crippen LogP contribution in [-0.2, 0) is 9.59 Å². The number of rotatable bonds is 6. The average molecular weight is 567 g/mol. The van der Waals surface area contributed by atoms with Gasteiger partial charge in [-0.25, -0.2) is 4.98 Å². The van der Waals surface area contributed by atoms with Crippen LogP contribution in [0.2, 0.25) is 10.0 Å². The molecule has 3 aromatic carbocycles. The number of thiazole rings is 1. The van der Waals surface area contributed by atoms with Gasteiger partial charge in [0.2, 0.25) is 0 Å². The van der Waals surface area contributed by atoms with Crippen molar-refractivity contribution in [3.05, 3.63) is 92.5 Å². The van der Waals surface area contributed by atoms with Crippen LogP contribution in [0, 0.1) is 13.8 Å². The summed E-state index contributed by atoms with van der Waals surface area (Å²) in [5.74, 6) is -1.36. The first kappa shape index (κ1) is 26.2. The van der Waals surface area contributed by atoms with Crippen LogP contribution in [0.25, 0.3) is 16.0 Å². The summed E-state index contributed by atoms with van der Waals surface area (Å²) in [6, 6.07) is 14.7. The van der Waals surface area contributed by atoms with Crippen LogP contribution in [0.4, 0.5) is 5.13 Å². The first-order valence-electron chi connectivity index (χ1n) is 12.1. The topological polar surface area (TPSA) is 79.7 Å². The molecule has 1 fully saturated rings. The van der Waals surface area contributed by atoms with E-state index in [1.54, 1.807) is 42.5 Å². The van der Waals surface area contributed by atoms with Crippen molar-refractivity contribution in [2.75, 3.05) is 11.5 Å². The second-order valence-corrected chi connectivity index (χ2v) is 11.0. The maximum atomic E-state index is 13.5. The Morgan fingerprint density at radius 1 is 1.08 bits per heavy atom. The van der Waals surface area contributed by atoms with Gasteiger partial charge in [0.05, 0.1) is 38.5 Å². The molecule has 1 amide bonds. The van der Waals surface area contributed by atoms with Crippen LogP contribution >= 0.6 is 34.5 Å². The Balaban J connectivity index is 1.71. The second-order valence-electron chi connectivity index (χ2n) is 9.14. The van der Waals surface area contributed by atoms with Gasteiger partial charge in [-0.15, -0.1) is 0 Å². The number of hydrogen-bond acceptors (Lipinski definition) is 6. The van der Waals surface area contributed by atoms with Crippen molar-refractivity contribution in [2.45, 2.75) is 33.2 Å². The van der Waals surface area contributed by atoms with Crippen molar-refractivity contribution >= 4 is 67.3 Å². The van der Waals surface area contributed by atoms with Crippen molar-refractivity contribution < 1.29 is 19.4 Å². The summed E-state index contributed by atoms with van der Waals surface area (Å²) in [6.07, 6.45) is 0.819. The zero-order valence-corrected chi connectivity index (χ0v) is 23.2. The fourth-order valence-electron chi connectivity index (χ4n) is 4.60. The molecule has 0 spiro atoms. The Hall–Kier alpha value is -3.39. The fraction of sp³-hybridized carbons (Fsp3) is 0.207. The number of nitrogens with zero attached hydrogens (tertiary/aromatic N) is 2. The second kappa shape index (κ2) is 10.4. The third kappa shape index (κ3) is 4.66. The van der Waals surface area contributed by atoms with Gasteiger partial charge in [0.25, 0.3) is 5.78 Å². The molecular formula is C29H24Cl2N2O4S. The maximum absolute atomic E-state index is 13.5. The lowest BCUT2D eigenvalue weighted by molar-refractivity contribution is -0.132. The molecule has 1 aliphatic rings. The molecule has 38 heavy (non-hydrogen) atoms. The minimum atomic E-state index is -0.966. The quantitative estimate of drug-likeness (QED) is 0.147. The summed E-state index contributed by atoms with van der Waals surface area (Å²) >= 11 is 13.8. The third-order valence-electron chi connectivity index (χ3n) is 6.31. The van der Waals surface area contributed by atoms with Gasteiger partial charge in [-0.05, 0) is 67.3 Å². The third-order valence-corrected chi connectivity index (χ3v) is 8.05. The van der Waals surface area contributed by atoms with Crippen LogP contribution in [0.1, 0.15) is 41.6 Å². The van der Waals surface area contributed by atoms with Crippen molar-refractivity contribution in [3.63, 3.8) is 0 Å². The first-order chi connectivity index (χ1) is 18.2. The monoisotopic (exact) mass is 566 g/mol. The number of ketones is 1. The standard InChI is InChI=1S/C29H24Cl2N2O4S/c1-4-10-37-19-7-5-6-18(13-19)26(34)23-25(17-8-9-20(30)21(31)14-17)33(28(36)27(23)35)29-32-24-16(3)11-15(2)12-22(24)38-29/h5-9,11-14,25,34H,4,10H2,1-3H3/b26-23+. The highest BCUT2D eigenvalue weighted by Crippen LogP contribution is 2.45. The SMILES string of the molecule is CCCOc1cccc(/C(O)=C2\C(=O)C(=O)N(c3nc4c(C)cc(C)cc4s3)C2c2ccc(Cl)c(Cl)c2)c1. The summed E-state index contributed by atoms with van der Waals surface area (Å²) in [7, 11) is 0. The molecule has 0 saturated carbocycles. The zero-order chi connectivity index (χ0) is 27.1. The molecule has 6 nitrogen and oxygen atoms in total. The van der Waals surface area contributed by atoms with E-state index >= 15 is 0 Å². The summed E-state index contributed by atoms with van der Waals surface area (Å²) in [6.45, 7) is 6.45. The molecule has 0 bridgehead atoms. The lowest BCUT2D eigenvalue weighted by Crippen LogP contribution is -2.29. The molecule has 1 aromatic heterocycles. The van der Waals surface area contributed by atoms with Crippen LogP contribution in [0.3, 0.4) is 0 Å². The summed E-state index contributed by atoms with van der Waals surface area (Å²) in [5.41, 5.74) is 3.61. The minimum absolute atomic E-state index is 0.0619. The van der Waals surface area contributed by atoms with E-state index in [1.165, 1.54) is 16.2 Å². The van der Waals surface area contributed by atoms with Gasteiger partial charge in [0, 0.05) is 5.56 Å². The molecule has 5 rings (SSSR count). The van der Waals surface area contributed by atoms with Crippen LogP contribution < -0.4 is 9.64 Å². The van der Waals surface area contributed by atoms with Crippen LogP contribution in [-0.4, -0.2) is 28.4 Å². The van der Waals surface area contributed by atoms with E-state index in [1.807, 2.05) is 32.9 Å². The number of Topliss-reactive ketones (excluding diaryl/α,β-unsaturated/α-hetero) is 1. The van der Waals surface area contributed by atoms with E-state index in [9.17, 15) is 14.7 Å². The number of anilines is 1. The minimum Gasteiger partial charge on any atom is -0.507 e. The predicted octanol–water partition coefficient (Wildman–Crippen LogP) is 7.64. The molecule has 4 aromatic rings. The van der Waals surface area contributed by atoms with Gasteiger partial charge >= 0.3 is 5.91 Å². The summed E-state index contributed by atoms with van der Waals surface area (Å²) in [5, 5.41) is 12.4. The number of aliphatic hydroxyl groups excluding tert-OH is 1. The number of benzene rings is 3. The van der Waals surface area contributed by atoms with E-state index in [-0.39, 0.29) is 16.4 Å². The zero-order valence-electron chi connectivity index (χ0n) is 20.9. The highest BCUT2D eigenvalue weighted by Gasteiger charge is 2.48. The number of aryl methyl sites for hydroxylation is 2. The predicted molar refractivity (Wildman–Crippen MR) is 153 cm³/mol. The van der Waals surface area contributed by atoms with Crippen LogP contribution in [0.5, 0.6) is 5.75 Å². The normalized spacial score (nSPS) is 17.0. The van der Waals surface area contributed by atoms with E-state index in [4.69, 9.17) is 32.9 Å². The Kier molecular flexibility index (Phi) is 7.18. The largest absolute Gasteiger partial charge is 0.507 e. The number of halogens is 2. The average Bonchev–Trinajstić information content (AvgIpc) is 3.42. The van der Waals surface area contributed by atoms with E-state index in [0.717, 1.165) is 27.8 Å². The number of ether oxygens (including phenoxy) is 1. The van der Waals surface area contributed by atoms with Gasteiger partial charge in [0.1, 0.15) is 11.5 Å². The molecule has 194 valence electrons. The molecule has 0 aliphatic carbocycles. The van der Waals surface area contributed by atoms with Gasteiger partial charge in [0.15, 0.2) is 5.13 Å². The van der Waals surface area contributed by atoms with Crippen molar-refractivity contribution in [1.29, 1.82) is 0 Å². The summed E-state index contributed by atoms with van der Waals surface area (Å²) in [4.78, 5) is 33.1. The Morgan fingerprint density at radius 2 is 1.87 bits per heavy atom. The number of fused-ring (bicyclic) bond motifs is 1. The number of aliphatic hydroxyl groups is 1. The van der Waals surface area contributed by atoms with Gasteiger partial charge in [-0.1, -0.05) is 65.7 Å². The van der Waals surface area contributed by atoms with Gasteiger partial charge in [-0.3, -0.25) is 14.5 Å². The molecule has 1 saturated heterocycles. The van der Waals surface area contributed by atoms with Gasteiger partial charge < -0.3 is 9.84 Å². The lowest BCUT2D eigenvalue weighted by atomic mass is 9.95. The molecule has 1 atom stereocenters. The fourth-order valence-corrected chi connectivity index (χ4v) is 6.07. The first-order valence-corrected chi connectivity index (χ1v) is 13.6. The molecule has 1 N–H and O–H groups in total. The number of aromatic nitrogens is 1. The smallest absolute Gasteiger partial charge is 0.301 e. The number of carbonyl (C=O) groups excluding carboxylic acids is 2. The molecule has 9 heteroatoms. The van der Waals surface area contributed by atoms with E-state index < -0.39 is 17.7 Å². The maximum Gasteiger partial charge on any atom is 0.301 e. The number of carbonyl (C=O) groups is 2. The lowest BCUT2D eigenvalue weighted by Gasteiger charge is -2.23. The summed E-state index contributed by atoms with van der Waals surface area (Å²) < 4.78 is 6.60. The Labute approximate surface area is 234 Å².